The Morgan fingerprint density at radius 2 is 0.545 bits per heavy atom. The molecule has 0 aliphatic heterocycles. The van der Waals surface area contributed by atoms with Crippen LogP contribution in [-0.4, -0.2) is 148 Å². The topological polar surface area (TPSA) is 138 Å². The van der Waals surface area contributed by atoms with Gasteiger partial charge in [-0.1, -0.05) is 0 Å². The minimum absolute atomic E-state index is 0. The molecular weight excluding hydrogens is 383 g/mol. The molecule has 11 heavy (non-hydrogen) atoms. The van der Waals surface area contributed by atoms with Gasteiger partial charge in [0.05, 0.1) is 0 Å². The van der Waals surface area contributed by atoms with Crippen LogP contribution in [0, 0.1) is 0 Å². The molecule has 0 amide bonds. The summed E-state index contributed by atoms with van der Waals surface area (Å²) in [6, 6.07) is 0. The molecule has 0 spiro atoms. The fraction of sp³-hybridized carbons (Fsp3) is 1.00. The predicted octanol–water partition coefficient (Wildman–Crippen LogP) is -8.69. The third kappa shape index (κ3) is 12.1. The zero-order valence-electron chi connectivity index (χ0n) is 5.57. The zero-order valence-corrected chi connectivity index (χ0v) is 16.0. The van der Waals surface area contributed by atoms with Gasteiger partial charge in [-0.05, 0) is 0 Å². The van der Waals surface area contributed by atoms with Crippen LogP contribution in [0.4, 0.5) is 0 Å². The molecule has 0 saturated carbocycles. The van der Waals surface area contributed by atoms with E-state index < -0.39 is 11.9 Å². The summed E-state index contributed by atoms with van der Waals surface area (Å²) < 4.78 is 0. The second-order valence-electron chi connectivity index (χ2n) is 1.11. The van der Waals surface area contributed by atoms with Gasteiger partial charge in [0, 0.05) is 0 Å². The third-order valence-corrected chi connectivity index (χ3v) is 0.375. The first kappa shape index (κ1) is 24.4. The molecular formula is C2O6Sr3. The summed E-state index contributed by atoms with van der Waals surface area (Å²) in [6.07, 6.45) is 0. The molecule has 0 aliphatic carbocycles. The van der Waals surface area contributed by atoms with Crippen molar-refractivity contribution in [3.8, 4) is 0 Å². The molecule has 0 aromatic rings. The van der Waals surface area contributed by atoms with Gasteiger partial charge in [0.15, 0.2) is 0 Å². The summed E-state index contributed by atoms with van der Waals surface area (Å²) in [7, 11) is 0. The summed E-state index contributed by atoms with van der Waals surface area (Å²) >= 11 is 0. The second-order valence-corrected chi connectivity index (χ2v) is 1.11. The average molecular weight is 383 g/mol. The number of rotatable bonds is 1. The Bertz CT molecular complexity index is 70.8. The fourth-order valence-electron chi connectivity index (χ4n) is 0. The number of hydrogen-bond donors (Lipinski definition) is 0. The summed E-state index contributed by atoms with van der Waals surface area (Å²) in [5.74, 6) is -9.96. The van der Waals surface area contributed by atoms with Gasteiger partial charge in [0.2, 0.25) is 0 Å². The van der Waals surface area contributed by atoms with Gasteiger partial charge in [-0.15, -0.1) is 0 Å². The first-order chi connectivity index (χ1) is 3.25. The van der Waals surface area contributed by atoms with Crippen LogP contribution < -0.4 is 30.6 Å². The Hall–Kier alpha value is 4.20. The van der Waals surface area contributed by atoms with Crippen molar-refractivity contribution in [3.05, 3.63) is 0 Å². The normalized spacial score (nSPS) is 10.4. The Balaban J connectivity index is -0.0000000817. The molecule has 0 aromatic carbocycles. The van der Waals surface area contributed by atoms with Crippen molar-refractivity contribution < 1.29 is 30.6 Å². The smallest absolute Gasteiger partial charge is 0.879 e. The minimum atomic E-state index is -4.98. The van der Waals surface area contributed by atoms with Crippen LogP contribution in [0.15, 0.2) is 0 Å². The van der Waals surface area contributed by atoms with Crippen molar-refractivity contribution in [1.29, 1.82) is 0 Å². The van der Waals surface area contributed by atoms with Gasteiger partial charge in [-0.25, -0.2) is 0 Å². The van der Waals surface area contributed by atoms with E-state index in [1.165, 1.54) is 0 Å². The van der Waals surface area contributed by atoms with E-state index in [0.717, 1.165) is 0 Å². The van der Waals surface area contributed by atoms with E-state index in [0.29, 0.717) is 0 Å². The van der Waals surface area contributed by atoms with Gasteiger partial charge in [-0.3, -0.25) is 0 Å². The van der Waals surface area contributed by atoms with Crippen LogP contribution in [0.25, 0.3) is 0 Å². The maximum Gasteiger partial charge on any atom is 2.00 e. The second kappa shape index (κ2) is 9.43. The van der Waals surface area contributed by atoms with E-state index >= 15 is 0 Å². The quantitative estimate of drug-likeness (QED) is 0.326. The molecule has 0 saturated heterocycles. The summed E-state index contributed by atoms with van der Waals surface area (Å²) in [4.78, 5) is 0. The zero-order chi connectivity index (χ0) is 7.00. The molecule has 0 fully saturated rings. The summed E-state index contributed by atoms with van der Waals surface area (Å²) in [6.45, 7) is 0. The van der Waals surface area contributed by atoms with Crippen molar-refractivity contribution in [2.24, 2.45) is 0 Å². The van der Waals surface area contributed by atoms with E-state index in [4.69, 9.17) is 30.6 Å². The van der Waals surface area contributed by atoms with Crippen molar-refractivity contribution >= 4 is 136 Å². The molecule has 50 valence electrons. The van der Waals surface area contributed by atoms with Crippen LogP contribution in [0.3, 0.4) is 0 Å². The Labute approximate surface area is 174 Å². The third-order valence-electron chi connectivity index (χ3n) is 0.375. The Morgan fingerprint density at radius 3 is 0.545 bits per heavy atom. The molecule has 9 heteroatoms. The van der Waals surface area contributed by atoms with Crippen LogP contribution in [0.5, 0.6) is 0 Å². The first-order valence-corrected chi connectivity index (χ1v) is 1.47. The molecule has 0 bridgehead atoms. The van der Waals surface area contributed by atoms with Crippen LogP contribution in [0.2, 0.25) is 0 Å². The standard InChI is InChI=1S/C2O6.3Sr/c3-1(4,5)2(6,7)8;;;/q-6;3*+2. The van der Waals surface area contributed by atoms with Crippen molar-refractivity contribution in [2.45, 2.75) is 11.9 Å². The minimum Gasteiger partial charge on any atom is -0.879 e. The molecule has 0 atom stereocenters. The van der Waals surface area contributed by atoms with E-state index in [1.54, 1.807) is 0 Å². The fourth-order valence-corrected chi connectivity index (χ4v) is 0. The maximum absolute atomic E-state index is 9.08. The SMILES string of the molecule is [O-]C([O-])([O-])C([O-])([O-])[O-].[Sr+2].[Sr+2].[Sr+2]. The van der Waals surface area contributed by atoms with Gasteiger partial charge in [-0.2, -0.15) is 0 Å². The van der Waals surface area contributed by atoms with Gasteiger partial charge in [0.25, 0.3) is 0 Å². The first-order valence-electron chi connectivity index (χ1n) is 1.47. The summed E-state index contributed by atoms with van der Waals surface area (Å²) in [5, 5.41) is 54.5. The maximum atomic E-state index is 9.08. The molecule has 0 radical (unpaired) electrons. The van der Waals surface area contributed by atoms with Crippen LogP contribution in [0.1, 0.15) is 0 Å². The van der Waals surface area contributed by atoms with E-state index in [2.05, 4.69) is 0 Å². The average Bonchev–Trinajstić information content (AvgIpc) is 1.25. The Kier molecular flexibility index (Phi) is 20.9. The van der Waals surface area contributed by atoms with Crippen LogP contribution in [-0.2, 0) is 0 Å². The molecule has 0 aromatic heterocycles. The molecule has 0 N–H and O–H groups in total. The van der Waals surface area contributed by atoms with Crippen molar-refractivity contribution in [1.82, 2.24) is 0 Å². The largest absolute Gasteiger partial charge is 2.00 e. The van der Waals surface area contributed by atoms with Gasteiger partial charge in [0.1, 0.15) is 0 Å². The number of hydrogen-bond acceptors (Lipinski definition) is 6. The molecule has 0 unspecified atom stereocenters. The van der Waals surface area contributed by atoms with E-state index in [-0.39, 0.29) is 136 Å². The van der Waals surface area contributed by atoms with Crippen molar-refractivity contribution in [3.63, 3.8) is 0 Å². The molecule has 6 nitrogen and oxygen atoms in total. The van der Waals surface area contributed by atoms with Gasteiger partial charge >= 0.3 is 136 Å². The van der Waals surface area contributed by atoms with E-state index in [1.807, 2.05) is 0 Å². The Morgan fingerprint density at radius 1 is 0.455 bits per heavy atom. The monoisotopic (exact) mass is 384 g/mol. The van der Waals surface area contributed by atoms with Gasteiger partial charge < -0.3 is 42.6 Å². The van der Waals surface area contributed by atoms with Crippen LogP contribution >= 0.6 is 0 Å². The summed E-state index contributed by atoms with van der Waals surface area (Å²) in [5.41, 5.74) is 0. The predicted molar refractivity (Wildman–Crippen MR) is 22.7 cm³/mol. The molecule has 0 rings (SSSR count). The molecule has 0 heterocycles. The van der Waals surface area contributed by atoms with E-state index in [9.17, 15) is 0 Å². The molecule has 0 aliphatic rings. The van der Waals surface area contributed by atoms with Crippen molar-refractivity contribution in [2.75, 3.05) is 0 Å².